The number of carboxylic acids is 1. The van der Waals surface area contributed by atoms with Crippen LogP contribution in [0.1, 0.15) is 55.6 Å². The molecular formula is C14H21N3O3. The van der Waals surface area contributed by atoms with Gasteiger partial charge in [0.05, 0.1) is 0 Å². The molecule has 1 heterocycles. The van der Waals surface area contributed by atoms with Crippen LogP contribution in [0.15, 0.2) is 12.3 Å². The lowest BCUT2D eigenvalue weighted by molar-refractivity contribution is -0.136. The number of likely N-dealkylation sites (N-methyl/N-ethyl adjacent to an activating group) is 1. The van der Waals surface area contributed by atoms with E-state index in [9.17, 15) is 9.59 Å². The lowest BCUT2D eigenvalue weighted by Crippen LogP contribution is -2.41. The van der Waals surface area contributed by atoms with Crippen LogP contribution >= 0.6 is 0 Å². The molecule has 0 spiro atoms. The summed E-state index contributed by atoms with van der Waals surface area (Å²) in [6.07, 6.45) is 7.22. The Labute approximate surface area is 118 Å². The van der Waals surface area contributed by atoms with Gasteiger partial charge in [-0.15, -0.1) is 0 Å². The van der Waals surface area contributed by atoms with E-state index >= 15 is 0 Å². The van der Waals surface area contributed by atoms with Crippen molar-refractivity contribution in [2.45, 2.75) is 51.1 Å². The fourth-order valence-electron chi connectivity index (χ4n) is 2.72. The fraction of sp³-hybridized carbons (Fsp3) is 0.643. The van der Waals surface area contributed by atoms with Gasteiger partial charge >= 0.3 is 5.97 Å². The number of amides is 1. The van der Waals surface area contributed by atoms with Crippen LogP contribution in [0, 0.1) is 0 Å². The van der Waals surface area contributed by atoms with Crippen molar-refractivity contribution in [1.82, 2.24) is 14.7 Å². The first-order valence-electron chi connectivity index (χ1n) is 7.06. The average Bonchev–Trinajstić information content (AvgIpc) is 2.96. The Hall–Kier alpha value is -1.85. The van der Waals surface area contributed by atoms with Crippen molar-refractivity contribution in [2.24, 2.45) is 0 Å². The summed E-state index contributed by atoms with van der Waals surface area (Å²) in [5.41, 5.74) is -0.0371. The van der Waals surface area contributed by atoms with Crippen molar-refractivity contribution in [3.63, 3.8) is 0 Å². The zero-order valence-corrected chi connectivity index (χ0v) is 12.0. The highest BCUT2D eigenvalue weighted by molar-refractivity contribution is 5.85. The SMILES string of the molecule is CC(C(=O)N(C)C1CCCCC1)n1ccc(C(=O)O)n1. The molecule has 1 saturated carbocycles. The molecule has 0 bridgehead atoms. The highest BCUT2D eigenvalue weighted by atomic mass is 16.4. The smallest absolute Gasteiger partial charge is 0.356 e. The van der Waals surface area contributed by atoms with E-state index in [1.54, 1.807) is 18.0 Å². The Morgan fingerprint density at radius 3 is 2.60 bits per heavy atom. The van der Waals surface area contributed by atoms with Gasteiger partial charge in [-0.1, -0.05) is 19.3 Å². The van der Waals surface area contributed by atoms with Crippen molar-refractivity contribution in [1.29, 1.82) is 0 Å². The Kier molecular flexibility index (Phi) is 4.42. The summed E-state index contributed by atoms with van der Waals surface area (Å²) in [5, 5.41) is 12.8. The van der Waals surface area contributed by atoms with Crippen LogP contribution in [0.5, 0.6) is 0 Å². The number of hydrogen-bond donors (Lipinski definition) is 1. The first-order valence-corrected chi connectivity index (χ1v) is 7.06. The topological polar surface area (TPSA) is 75.4 Å². The number of aromatic nitrogens is 2. The number of carboxylic acid groups (broad SMARTS) is 1. The number of aromatic carboxylic acids is 1. The summed E-state index contributed by atoms with van der Waals surface area (Å²) in [7, 11) is 1.83. The van der Waals surface area contributed by atoms with Gasteiger partial charge in [-0.05, 0) is 25.8 Å². The standard InChI is InChI=1S/C14H21N3O3/c1-10(17-9-8-12(15-17)14(19)20)13(18)16(2)11-6-4-3-5-7-11/h8-11H,3-7H2,1-2H3,(H,19,20). The minimum atomic E-state index is -1.08. The molecule has 20 heavy (non-hydrogen) atoms. The Morgan fingerprint density at radius 1 is 1.40 bits per heavy atom. The van der Waals surface area contributed by atoms with Crippen LogP contribution in [0.4, 0.5) is 0 Å². The molecule has 6 nitrogen and oxygen atoms in total. The van der Waals surface area contributed by atoms with E-state index in [0.29, 0.717) is 6.04 Å². The molecule has 110 valence electrons. The molecule has 0 radical (unpaired) electrons. The summed E-state index contributed by atoms with van der Waals surface area (Å²) in [6.45, 7) is 1.75. The highest BCUT2D eigenvalue weighted by Gasteiger charge is 2.27. The van der Waals surface area contributed by atoms with Crippen molar-refractivity contribution < 1.29 is 14.7 Å². The van der Waals surface area contributed by atoms with E-state index in [-0.39, 0.29) is 11.6 Å². The summed E-state index contributed by atoms with van der Waals surface area (Å²) < 4.78 is 1.42. The van der Waals surface area contributed by atoms with Crippen LogP contribution in [-0.4, -0.2) is 44.8 Å². The van der Waals surface area contributed by atoms with Gasteiger partial charge in [0.25, 0.3) is 0 Å². The van der Waals surface area contributed by atoms with E-state index in [1.807, 2.05) is 7.05 Å². The Balaban J connectivity index is 2.04. The van der Waals surface area contributed by atoms with Gasteiger partial charge < -0.3 is 10.0 Å². The maximum atomic E-state index is 12.4. The third kappa shape index (κ3) is 3.00. The second kappa shape index (κ2) is 6.07. The van der Waals surface area contributed by atoms with E-state index in [1.165, 1.54) is 30.0 Å². The van der Waals surface area contributed by atoms with Gasteiger partial charge in [-0.2, -0.15) is 5.10 Å². The maximum absolute atomic E-state index is 12.4. The zero-order chi connectivity index (χ0) is 14.7. The predicted molar refractivity (Wildman–Crippen MR) is 73.5 cm³/mol. The van der Waals surface area contributed by atoms with Crippen molar-refractivity contribution >= 4 is 11.9 Å². The quantitative estimate of drug-likeness (QED) is 0.913. The van der Waals surface area contributed by atoms with Crippen LogP contribution in [0.2, 0.25) is 0 Å². The minimum absolute atomic E-state index is 0.0167. The molecule has 1 unspecified atom stereocenters. The van der Waals surface area contributed by atoms with Gasteiger partial charge in [0.1, 0.15) is 6.04 Å². The van der Waals surface area contributed by atoms with Crippen LogP contribution in [0.3, 0.4) is 0 Å². The highest BCUT2D eigenvalue weighted by Crippen LogP contribution is 2.23. The van der Waals surface area contributed by atoms with E-state index in [2.05, 4.69) is 5.10 Å². The molecular weight excluding hydrogens is 258 g/mol. The molecule has 1 aliphatic rings. The summed E-state index contributed by atoms with van der Waals surface area (Å²) in [6, 6.07) is 1.23. The molecule has 2 rings (SSSR count). The minimum Gasteiger partial charge on any atom is -0.476 e. The van der Waals surface area contributed by atoms with E-state index in [4.69, 9.17) is 5.11 Å². The van der Waals surface area contributed by atoms with Crippen LogP contribution in [0.25, 0.3) is 0 Å². The predicted octanol–water partition coefficient (Wildman–Crippen LogP) is 1.93. The van der Waals surface area contributed by atoms with Crippen molar-refractivity contribution in [2.75, 3.05) is 7.05 Å². The first kappa shape index (κ1) is 14.6. The van der Waals surface area contributed by atoms with E-state index in [0.717, 1.165) is 12.8 Å². The van der Waals surface area contributed by atoms with Gasteiger partial charge in [-0.3, -0.25) is 9.48 Å². The van der Waals surface area contributed by atoms with Gasteiger partial charge in [0.2, 0.25) is 5.91 Å². The number of rotatable bonds is 4. The molecule has 1 aromatic rings. The van der Waals surface area contributed by atoms with Crippen LogP contribution < -0.4 is 0 Å². The first-order chi connectivity index (χ1) is 9.50. The normalized spacial score (nSPS) is 17.7. The molecule has 0 saturated heterocycles. The second-order valence-electron chi connectivity index (χ2n) is 5.40. The summed E-state index contributed by atoms with van der Waals surface area (Å²) in [4.78, 5) is 25.1. The molecule has 6 heteroatoms. The van der Waals surface area contributed by atoms with Crippen molar-refractivity contribution in [3.05, 3.63) is 18.0 Å². The zero-order valence-electron chi connectivity index (χ0n) is 12.0. The number of hydrogen-bond acceptors (Lipinski definition) is 3. The summed E-state index contributed by atoms with van der Waals surface area (Å²) >= 11 is 0. The number of nitrogens with zero attached hydrogens (tertiary/aromatic N) is 3. The van der Waals surface area contributed by atoms with Gasteiger partial charge in [0.15, 0.2) is 5.69 Å². The largest absolute Gasteiger partial charge is 0.476 e. The Bertz CT molecular complexity index is 492. The number of carbonyl (C=O) groups excluding carboxylic acids is 1. The van der Waals surface area contributed by atoms with Gasteiger partial charge in [0, 0.05) is 19.3 Å². The molecule has 1 N–H and O–H groups in total. The molecule has 1 amide bonds. The fourth-order valence-corrected chi connectivity index (χ4v) is 2.72. The third-order valence-corrected chi connectivity index (χ3v) is 4.05. The monoisotopic (exact) mass is 279 g/mol. The molecule has 0 aromatic carbocycles. The molecule has 1 fully saturated rings. The lowest BCUT2D eigenvalue weighted by atomic mass is 9.94. The molecule has 0 aliphatic heterocycles. The lowest BCUT2D eigenvalue weighted by Gasteiger charge is -2.32. The summed E-state index contributed by atoms with van der Waals surface area (Å²) in [5.74, 6) is -1.10. The third-order valence-electron chi connectivity index (χ3n) is 4.05. The maximum Gasteiger partial charge on any atom is 0.356 e. The van der Waals surface area contributed by atoms with E-state index < -0.39 is 12.0 Å². The molecule has 1 aromatic heterocycles. The average molecular weight is 279 g/mol. The van der Waals surface area contributed by atoms with Crippen molar-refractivity contribution in [3.8, 4) is 0 Å². The Morgan fingerprint density at radius 2 is 2.05 bits per heavy atom. The molecule has 1 aliphatic carbocycles. The van der Waals surface area contributed by atoms with Gasteiger partial charge in [-0.25, -0.2) is 4.79 Å². The molecule has 1 atom stereocenters. The van der Waals surface area contributed by atoms with Crippen LogP contribution in [-0.2, 0) is 4.79 Å². The number of carbonyl (C=O) groups is 2. The second-order valence-corrected chi connectivity index (χ2v) is 5.40.